The average molecular weight is 552 g/mol. The highest BCUT2D eigenvalue weighted by Gasteiger charge is 2.44. The molecule has 0 aliphatic carbocycles. The molecule has 0 bridgehead atoms. The number of hydrogen-bond donors (Lipinski definition) is 1. The second-order valence-electron chi connectivity index (χ2n) is 10.4. The first kappa shape index (κ1) is 26.4. The number of methoxy groups -OCH3 is 1. The summed E-state index contributed by atoms with van der Waals surface area (Å²) in [7, 11) is 1.33. The molecule has 3 aliphatic heterocycles. The quantitative estimate of drug-likeness (QED) is 0.513. The molecular formula is C25H31ClFN5O4S. The number of nitrogens with zero attached hydrogens (tertiary/aromatic N) is 5. The highest BCUT2D eigenvalue weighted by atomic mass is 35.5. The molecule has 2 aromatic heterocycles. The lowest BCUT2D eigenvalue weighted by molar-refractivity contribution is 0.0592. The van der Waals surface area contributed by atoms with Gasteiger partial charge >= 0.3 is 5.97 Å². The summed E-state index contributed by atoms with van der Waals surface area (Å²) in [5.41, 5.74) is -0.386. The van der Waals surface area contributed by atoms with Crippen LogP contribution < -0.4 is 9.80 Å². The molecule has 5 heterocycles. The Labute approximate surface area is 224 Å². The zero-order valence-corrected chi connectivity index (χ0v) is 22.5. The molecule has 5 rings (SSSR count). The summed E-state index contributed by atoms with van der Waals surface area (Å²) in [6, 6.07) is 1.76. The highest BCUT2D eigenvalue weighted by molar-refractivity contribution is 7.99. The van der Waals surface area contributed by atoms with Crippen LogP contribution >= 0.6 is 23.4 Å². The van der Waals surface area contributed by atoms with Gasteiger partial charge in [-0.05, 0) is 37.7 Å². The van der Waals surface area contributed by atoms with E-state index < -0.39 is 18.1 Å². The average Bonchev–Trinajstić information content (AvgIpc) is 3.25. The number of halogens is 2. The van der Waals surface area contributed by atoms with Gasteiger partial charge in [-0.1, -0.05) is 23.4 Å². The number of pyridine rings is 1. The first-order chi connectivity index (χ1) is 17.8. The van der Waals surface area contributed by atoms with Crippen molar-refractivity contribution in [3.05, 3.63) is 29.2 Å². The molecule has 1 atom stereocenters. The third-order valence-corrected chi connectivity index (χ3v) is 9.10. The van der Waals surface area contributed by atoms with Gasteiger partial charge in [-0.25, -0.2) is 19.7 Å². The molecule has 0 unspecified atom stereocenters. The standard InChI is InChI=1S/C25H31ClFN5O4S/c1-16-9-24(15-36-16)4-7-31(8-5-24)22-20(23(34)35-2)30-18(10-29-22)37-17-3-6-28-21(19(17)26)32-12-25(11-27,13-32)14-33/h3,6,10,16,33H,4-5,7-9,11-15H2,1-2H3/t16-/m0/s1. The predicted octanol–water partition coefficient (Wildman–Crippen LogP) is 3.63. The van der Waals surface area contributed by atoms with E-state index in [1.165, 1.54) is 18.9 Å². The third kappa shape index (κ3) is 5.10. The Bertz CT molecular complexity index is 1150. The fourth-order valence-corrected chi connectivity index (χ4v) is 6.56. The van der Waals surface area contributed by atoms with E-state index in [-0.39, 0.29) is 23.8 Å². The van der Waals surface area contributed by atoms with Crippen molar-refractivity contribution in [2.24, 2.45) is 10.8 Å². The van der Waals surface area contributed by atoms with Crippen LogP contribution in [0, 0.1) is 10.8 Å². The number of rotatable bonds is 7. The van der Waals surface area contributed by atoms with Gasteiger partial charge in [-0.2, -0.15) is 0 Å². The Morgan fingerprint density at radius 2 is 2.05 bits per heavy atom. The molecule has 3 saturated heterocycles. The molecule has 3 fully saturated rings. The molecule has 0 aromatic carbocycles. The number of piperidine rings is 1. The lowest BCUT2D eigenvalue weighted by atomic mass is 9.77. The van der Waals surface area contributed by atoms with Crippen LogP contribution in [0.1, 0.15) is 36.7 Å². The normalized spacial score (nSPS) is 22.2. The van der Waals surface area contributed by atoms with Crippen LogP contribution in [0.3, 0.4) is 0 Å². The Morgan fingerprint density at radius 1 is 1.30 bits per heavy atom. The van der Waals surface area contributed by atoms with Gasteiger partial charge in [-0.15, -0.1) is 0 Å². The highest BCUT2D eigenvalue weighted by Crippen LogP contribution is 2.44. The predicted molar refractivity (Wildman–Crippen MR) is 138 cm³/mol. The Kier molecular flexibility index (Phi) is 7.50. The second kappa shape index (κ2) is 10.5. The maximum Gasteiger partial charge on any atom is 0.360 e. The molecular weight excluding hydrogens is 521 g/mol. The van der Waals surface area contributed by atoms with Crippen LogP contribution in [0.5, 0.6) is 0 Å². The number of aliphatic hydroxyl groups excluding tert-OH is 1. The third-order valence-electron chi connectivity index (χ3n) is 7.65. The first-order valence-corrected chi connectivity index (χ1v) is 13.6. The number of carbonyl (C=O) groups excluding carboxylic acids is 1. The van der Waals surface area contributed by atoms with Gasteiger partial charge in [0.1, 0.15) is 17.5 Å². The van der Waals surface area contributed by atoms with Crippen molar-refractivity contribution in [2.45, 2.75) is 42.2 Å². The van der Waals surface area contributed by atoms with Gasteiger partial charge < -0.3 is 24.4 Å². The monoisotopic (exact) mass is 551 g/mol. The minimum Gasteiger partial charge on any atom is -0.464 e. The number of ether oxygens (including phenoxy) is 2. The van der Waals surface area contributed by atoms with Gasteiger partial charge in [0.2, 0.25) is 0 Å². The van der Waals surface area contributed by atoms with Crippen LogP contribution in [-0.4, -0.2) is 85.3 Å². The van der Waals surface area contributed by atoms with E-state index in [0.717, 1.165) is 39.0 Å². The maximum atomic E-state index is 13.3. The van der Waals surface area contributed by atoms with Gasteiger partial charge in [-0.3, -0.25) is 4.39 Å². The Balaban J connectivity index is 1.33. The van der Waals surface area contributed by atoms with Crippen molar-refractivity contribution < 1.29 is 23.8 Å². The Hall–Kier alpha value is -2.21. The maximum absolute atomic E-state index is 13.3. The van der Waals surface area contributed by atoms with Crippen molar-refractivity contribution in [1.82, 2.24) is 15.0 Å². The van der Waals surface area contributed by atoms with E-state index in [1.54, 1.807) is 18.5 Å². The van der Waals surface area contributed by atoms with Crippen LogP contribution in [0.15, 0.2) is 28.4 Å². The molecule has 9 nitrogen and oxygen atoms in total. The van der Waals surface area contributed by atoms with Crippen LogP contribution in [-0.2, 0) is 9.47 Å². The van der Waals surface area contributed by atoms with Crippen molar-refractivity contribution >= 4 is 41.0 Å². The van der Waals surface area contributed by atoms with Gasteiger partial charge in [0, 0.05) is 37.3 Å². The minimum absolute atomic E-state index is 0.170. The van der Waals surface area contributed by atoms with E-state index in [9.17, 15) is 14.3 Å². The summed E-state index contributed by atoms with van der Waals surface area (Å²) in [4.78, 5) is 30.9. The smallest absolute Gasteiger partial charge is 0.360 e. The van der Waals surface area contributed by atoms with Crippen molar-refractivity contribution in [2.75, 3.05) is 63.0 Å². The van der Waals surface area contributed by atoms with Crippen LogP contribution in [0.4, 0.5) is 16.0 Å². The minimum atomic E-state index is -0.762. The summed E-state index contributed by atoms with van der Waals surface area (Å²) < 4.78 is 24.2. The summed E-state index contributed by atoms with van der Waals surface area (Å²) in [5, 5.41) is 10.4. The van der Waals surface area contributed by atoms with Crippen LogP contribution in [0.2, 0.25) is 5.02 Å². The fraction of sp³-hybridized carbons (Fsp3) is 0.600. The lowest BCUT2D eigenvalue weighted by Gasteiger charge is -2.48. The van der Waals surface area contributed by atoms with E-state index in [0.29, 0.717) is 39.7 Å². The molecule has 37 heavy (non-hydrogen) atoms. The zero-order chi connectivity index (χ0) is 26.2. The number of anilines is 2. The first-order valence-electron chi connectivity index (χ1n) is 12.4. The fourth-order valence-electron chi connectivity index (χ4n) is 5.44. The van der Waals surface area contributed by atoms with E-state index in [4.69, 9.17) is 21.1 Å². The van der Waals surface area contributed by atoms with Crippen molar-refractivity contribution in [3.8, 4) is 0 Å². The van der Waals surface area contributed by atoms with Crippen LogP contribution in [0.25, 0.3) is 0 Å². The molecule has 0 saturated carbocycles. The largest absolute Gasteiger partial charge is 0.464 e. The van der Waals surface area contributed by atoms with Crippen molar-refractivity contribution in [1.29, 1.82) is 0 Å². The summed E-state index contributed by atoms with van der Waals surface area (Å²) in [5.74, 6) is 0.498. The summed E-state index contributed by atoms with van der Waals surface area (Å²) in [6.45, 7) is 4.29. The van der Waals surface area contributed by atoms with E-state index in [2.05, 4.69) is 26.8 Å². The van der Waals surface area contributed by atoms with Gasteiger partial charge in [0.25, 0.3) is 0 Å². The van der Waals surface area contributed by atoms with Gasteiger partial charge in [0.15, 0.2) is 11.5 Å². The zero-order valence-electron chi connectivity index (χ0n) is 21.0. The summed E-state index contributed by atoms with van der Waals surface area (Å²) in [6.07, 6.45) is 6.56. The molecule has 0 radical (unpaired) electrons. The summed E-state index contributed by atoms with van der Waals surface area (Å²) >= 11 is 7.92. The topological polar surface area (TPSA) is 101 Å². The van der Waals surface area contributed by atoms with E-state index in [1.807, 2.05) is 4.90 Å². The molecule has 1 spiro atoms. The molecule has 200 valence electrons. The number of carbonyl (C=O) groups is 1. The molecule has 3 aliphatic rings. The number of esters is 1. The Morgan fingerprint density at radius 3 is 2.68 bits per heavy atom. The number of alkyl halides is 1. The van der Waals surface area contributed by atoms with Gasteiger partial charge in [0.05, 0.1) is 43.1 Å². The molecule has 0 amide bonds. The molecule has 1 N–H and O–H groups in total. The second-order valence-corrected chi connectivity index (χ2v) is 11.8. The number of aromatic nitrogens is 3. The van der Waals surface area contributed by atoms with E-state index >= 15 is 0 Å². The molecule has 12 heteroatoms. The van der Waals surface area contributed by atoms with Crippen molar-refractivity contribution in [3.63, 3.8) is 0 Å². The SMILES string of the molecule is COC(=O)c1nc(Sc2ccnc(N3CC(CO)(CF)C3)c2Cl)cnc1N1CCC2(CC1)CO[C@@H](C)C2. The lowest BCUT2D eigenvalue weighted by Crippen LogP contribution is -2.60. The number of hydrogen-bond acceptors (Lipinski definition) is 10. The molecule has 2 aromatic rings. The number of aliphatic hydroxyl groups is 1.